The molecule has 5 rings (SSSR count). The summed E-state index contributed by atoms with van der Waals surface area (Å²) in [5.41, 5.74) is 6.90. The number of aromatic nitrogens is 1. The molecule has 8 heteroatoms. The van der Waals surface area contributed by atoms with Crippen LogP contribution in [-0.2, 0) is 4.79 Å². The molecule has 0 spiro atoms. The predicted octanol–water partition coefficient (Wildman–Crippen LogP) is 2.98. The Bertz CT molecular complexity index is 1290. The van der Waals surface area contributed by atoms with E-state index in [1.54, 1.807) is 12.3 Å². The van der Waals surface area contributed by atoms with Gasteiger partial charge >= 0.3 is 0 Å². The number of halogens is 1. The van der Waals surface area contributed by atoms with Crippen molar-refractivity contribution in [3.05, 3.63) is 64.8 Å². The molecule has 4 N–H and O–H groups in total. The van der Waals surface area contributed by atoms with Crippen LogP contribution >= 0.6 is 12.4 Å². The Hall–Kier alpha value is -3.60. The molecule has 0 saturated heterocycles. The van der Waals surface area contributed by atoms with Gasteiger partial charge in [-0.3, -0.25) is 9.59 Å². The summed E-state index contributed by atoms with van der Waals surface area (Å²) in [7, 11) is 1.83. The van der Waals surface area contributed by atoms with Gasteiger partial charge in [-0.1, -0.05) is 36.3 Å². The summed E-state index contributed by atoms with van der Waals surface area (Å²) in [6.07, 6.45) is 2.43. The Morgan fingerprint density at radius 1 is 1.25 bits per heavy atom. The van der Waals surface area contributed by atoms with E-state index in [4.69, 9.17) is 0 Å². The van der Waals surface area contributed by atoms with Gasteiger partial charge in [0.25, 0.3) is 5.91 Å². The Morgan fingerprint density at radius 2 is 2.06 bits per heavy atom. The molecule has 2 aliphatic rings. The van der Waals surface area contributed by atoms with Gasteiger partial charge in [0.05, 0.1) is 24.0 Å². The Labute approximate surface area is 191 Å². The van der Waals surface area contributed by atoms with Crippen LogP contribution in [0.15, 0.2) is 47.6 Å². The van der Waals surface area contributed by atoms with Crippen LogP contribution in [0.1, 0.15) is 39.5 Å². The number of carbonyl (C=O) groups is 2. The lowest BCUT2D eigenvalue weighted by Crippen LogP contribution is -2.18. The van der Waals surface area contributed by atoms with E-state index in [9.17, 15) is 9.59 Å². The van der Waals surface area contributed by atoms with Crippen LogP contribution in [0, 0.1) is 17.8 Å². The summed E-state index contributed by atoms with van der Waals surface area (Å²) in [5.74, 6) is 5.94. The Balaban J connectivity index is 0.00000245. The fraction of sp³-hybridized carbons (Fsp3) is 0.208. The molecule has 0 unspecified atom stereocenters. The molecule has 2 aromatic carbocycles. The van der Waals surface area contributed by atoms with Gasteiger partial charge in [0.2, 0.25) is 5.91 Å². The van der Waals surface area contributed by atoms with E-state index in [1.165, 1.54) is 5.56 Å². The second kappa shape index (κ2) is 8.87. The third-order valence-corrected chi connectivity index (χ3v) is 5.64. The fourth-order valence-corrected chi connectivity index (χ4v) is 4.06. The van der Waals surface area contributed by atoms with E-state index in [2.05, 4.69) is 50.1 Å². The first-order valence-electron chi connectivity index (χ1n) is 10.2. The van der Waals surface area contributed by atoms with E-state index < -0.39 is 0 Å². The zero-order chi connectivity index (χ0) is 21.4. The van der Waals surface area contributed by atoms with Crippen LogP contribution in [0.3, 0.4) is 0 Å². The third kappa shape index (κ3) is 3.98. The maximum Gasteiger partial charge on any atom is 0.272 e. The molecular formula is C24H22ClN5O2. The maximum absolute atomic E-state index is 12.8. The van der Waals surface area contributed by atoms with Crippen molar-refractivity contribution in [2.75, 3.05) is 18.9 Å². The van der Waals surface area contributed by atoms with Gasteiger partial charge in [0.1, 0.15) is 0 Å². The standard InChI is InChI=1S/C24H21N5O2.ClH/c1-25-9-5-8-20-19-13-26-29-24(31)18-10-15(11-21(28-20)22(18)19)27-23(30)17-12-16(17)14-6-3-2-4-7-14;/h2-4,6-7,10-11,13,16-17,25,28H,9,12H2,1H3,(H,27,30)(H,29,31);1H/t16-,17+;/m0./s1. The second-order valence-corrected chi connectivity index (χ2v) is 7.74. The van der Waals surface area contributed by atoms with Crippen molar-refractivity contribution in [1.82, 2.24) is 15.7 Å². The van der Waals surface area contributed by atoms with E-state index >= 15 is 0 Å². The first-order chi connectivity index (χ1) is 15.2. The largest absolute Gasteiger partial charge is 0.347 e. The molecule has 2 atom stereocenters. The molecule has 7 nitrogen and oxygen atoms in total. The van der Waals surface area contributed by atoms with Crippen molar-refractivity contribution in [3.63, 3.8) is 0 Å². The predicted molar refractivity (Wildman–Crippen MR) is 127 cm³/mol. The number of nitrogens with zero attached hydrogens (tertiary/aromatic N) is 1. The molecule has 2 heterocycles. The minimum atomic E-state index is -0.321. The summed E-state index contributed by atoms with van der Waals surface area (Å²) in [6.45, 7) is 0.543. The van der Waals surface area contributed by atoms with Gasteiger partial charge in [-0.25, -0.2) is 5.43 Å². The average molecular weight is 448 g/mol. The monoisotopic (exact) mass is 447 g/mol. The SMILES string of the molecule is CNCC#Cc1[nH]c2cc(NC(=O)[C@@H]3C[C@H]3c3ccccc3)cc3c2c1C=NNC3=O.Cl. The van der Waals surface area contributed by atoms with Crippen molar-refractivity contribution >= 4 is 47.0 Å². The van der Waals surface area contributed by atoms with Gasteiger partial charge < -0.3 is 15.6 Å². The summed E-state index contributed by atoms with van der Waals surface area (Å²) >= 11 is 0. The van der Waals surface area contributed by atoms with Crippen LogP contribution < -0.4 is 16.1 Å². The summed E-state index contributed by atoms with van der Waals surface area (Å²) in [6, 6.07) is 13.6. The Morgan fingerprint density at radius 3 is 2.84 bits per heavy atom. The van der Waals surface area contributed by atoms with Crippen LogP contribution in [0.4, 0.5) is 5.69 Å². The smallest absolute Gasteiger partial charge is 0.272 e. The molecular weight excluding hydrogens is 426 g/mol. The van der Waals surface area contributed by atoms with Crippen molar-refractivity contribution < 1.29 is 9.59 Å². The Kier molecular flexibility index (Phi) is 5.99. The number of anilines is 1. The number of rotatable bonds is 4. The number of hydrogen-bond donors (Lipinski definition) is 4. The van der Waals surface area contributed by atoms with E-state index in [-0.39, 0.29) is 36.1 Å². The number of aromatic amines is 1. The average Bonchev–Trinajstić information content (AvgIpc) is 3.53. The van der Waals surface area contributed by atoms with Crippen molar-refractivity contribution in [2.45, 2.75) is 12.3 Å². The normalized spacial score (nSPS) is 18.1. The zero-order valence-corrected chi connectivity index (χ0v) is 18.2. The van der Waals surface area contributed by atoms with Gasteiger partial charge in [0.15, 0.2) is 0 Å². The number of hydrogen-bond acceptors (Lipinski definition) is 4. The van der Waals surface area contributed by atoms with Crippen LogP contribution in [-0.4, -0.2) is 36.6 Å². The summed E-state index contributed by atoms with van der Waals surface area (Å²) in [5, 5.41) is 10.7. The molecule has 1 aliphatic heterocycles. The first-order valence-corrected chi connectivity index (χ1v) is 10.2. The number of H-pyrrole nitrogens is 1. The number of carbonyl (C=O) groups excluding carboxylic acids is 2. The molecule has 0 radical (unpaired) electrons. The molecule has 32 heavy (non-hydrogen) atoms. The van der Waals surface area contributed by atoms with E-state index in [0.29, 0.717) is 23.5 Å². The highest BCUT2D eigenvalue weighted by Crippen LogP contribution is 2.48. The number of hydrazone groups is 1. The lowest BCUT2D eigenvalue weighted by Gasteiger charge is -2.08. The van der Waals surface area contributed by atoms with Crippen LogP contribution in [0.5, 0.6) is 0 Å². The summed E-state index contributed by atoms with van der Waals surface area (Å²) in [4.78, 5) is 28.7. The lowest BCUT2D eigenvalue weighted by molar-refractivity contribution is -0.117. The topological polar surface area (TPSA) is 98.4 Å². The lowest BCUT2D eigenvalue weighted by atomic mass is 10.0. The number of benzene rings is 2. The fourth-order valence-electron chi connectivity index (χ4n) is 4.06. The second-order valence-electron chi connectivity index (χ2n) is 7.74. The number of amides is 2. The highest BCUT2D eigenvalue weighted by atomic mass is 35.5. The van der Waals surface area contributed by atoms with Crippen molar-refractivity contribution in [3.8, 4) is 11.8 Å². The molecule has 2 amide bonds. The van der Waals surface area contributed by atoms with Crippen LogP contribution in [0.25, 0.3) is 10.9 Å². The first kappa shape index (κ1) is 21.6. The molecule has 1 saturated carbocycles. The molecule has 1 aliphatic carbocycles. The molecule has 1 fully saturated rings. The minimum absolute atomic E-state index is 0. The summed E-state index contributed by atoms with van der Waals surface area (Å²) < 4.78 is 0. The quantitative estimate of drug-likeness (QED) is 0.463. The van der Waals surface area contributed by atoms with E-state index in [0.717, 1.165) is 22.9 Å². The third-order valence-electron chi connectivity index (χ3n) is 5.64. The highest BCUT2D eigenvalue weighted by molar-refractivity contribution is 6.16. The zero-order valence-electron chi connectivity index (χ0n) is 17.4. The molecule has 1 aromatic heterocycles. The molecule has 3 aromatic rings. The minimum Gasteiger partial charge on any atom is -0.347 e. The van der Waals surface area contributed by atoms with E-state index in [1.807, 2.05) is 31.3 Å². The van der Waals surface area contributed by atoms with Crippen LogP contribution in [0.2, 0.25) is 0 Å². The number of nitrogens with one attached hydrogen (secondary N) is 4. The molecule has 162 valence electrons. The molecule has 0 bridgehead atoms. The van der Waals surface area contributed by atoms with Crippen molar-refractivity contribution in [1.29, 1.82) is 0 Å². The van der Waals surface area contributed by atoms with Crippen molar-refractivity contribution in [2.24, 2.45) is 11.0 Å². The van der Waals surface area contributed by atoms with Gasteiger partial charge in [-0.05, 0) is 43.0 Å². The van der Waals surface area contributed by atoms with Gasteiger partial charge in [-0.15, -0.1) is 12.4 Å². The van der Waals surface area contributed by atoms with Gasteiger partial charge in [-0.2, -0.15) is 5.10 Å². The maximum atomic E-state index is 12.8. The van der Waals surface area contributed by atoms with Gasteiger partial charge in [0, 0.05) is 28.1 Å². The highest BCUT2D eigenvalue weighted by Gasteiger charge is 2.43.